The monoisotopic (exact) mass is 234 g/mol. The van der Waals surface area contributed by atoms with Crippen molar-refractivity contribution in [3.63, 3.8) is 0 Å². The summed E-state index contributed by atoms with van der Waals surface area (Å²) < 4.78 is 0. The topological polar surface area (TPSA) is 20.2 Å². The van der Waals surface area contributed by atoms with Crippen molar-refractivity contribution in [2.45, 2.75) is 52.4 Å². The predicted octanol–water partition coefficient (Wildman–Crippen LogP) is 4.12. The van der Waals surface area contributed by atoms with Crippen LogP contribution in [0, 0.1) is 12.8 Å². The number of aliphatic hydroxyl groups is 1. The van der Waals surface area contributed by atoms with E-state index in [1.807, 2.05) is 0 Å². The van der Waals surface area contributed by atoms with Gasteiger partial charge in [0.05, 0.1) is 0 Å². The minimum Gasteiger partial charge on any atom is -0.396 e. The van der Waals surface area contributed by atoms with E-state index >= 15 is 0 Å². The van der Waals surface area contributed by atoms with E-state index in [0.29, 0.717) is 12.5 Å². The van der Waals surface area contributed by atoms with Crippen LogP contribution in [-0.4, -0.2) is 11.7 Å². The van der Waals surface area contributed by atoms with E-state index in [0.717, 1.165) is 12.8 Å². The first-order valence-corrected chi connectivity index (χ1v) is 6.92. The molecule has 0 saturated carbocycles. The zero-order valence-electron chi connectivity index (χ0n) is 11.3. The van der Waals surface area contributed by atoms with Gasteiger partial charge in [-0.1, -0.05) is 62.4 Å². The van der Waals surface area contributed by atoms with Crippen molar-refractivity contribution in [1.29, 1.82) is 0 Å². The molecule has 0 amide bonds. The highest BCUT2D eigenvalue weighted by Crippen LogP contribution is 2.16. The summed E-state index contributed by atoms with van der Waals surface area (Å²) in [5.74, 6) is 0.439. The second kappa shape index (κ2) is 8.30. The normalized spacial score (nSPS) is 12.6. The molecular weight excluding hydrogens is 208 g/mol. The first-order valence-electron chi connectivity index (χ1n) is 6.92. The second-order valence-corrected chi connectivity index (χ2v) is 5.09. The number of aryl methyl sites for hydroxylation is 1. The smallest absolute Gasteiger partial charge is 0.0462 e. The fourth-order valence-corrected chi connectivity index (χ4v) is 2.29. The lowest BCUT2D eigenvalue weighted by molar-refractivity contribution is 0.214. The van der Waals surface area contributed by atoms with Gasteiger partial charge in [0.1, 0.15) is 0 Å². The Morgan fingerprint density at radius 3 is 2.65 bits per heavy atom. The SMILES string of the molecule is CCCCCCC(CO)Cc1cccc(C)c1. The van der Waals surface area contributed by atoms with Crippen molar-refractivity contribution < 1.29 is 5.11 Å². The second-order valence-electron chi connectivity index (χ2n) is 5.09. The van der Waals surface area contributed by atoms with Crippen LogP contribution in [0.5, 0.6) is 0 Å². The third-order valence-electron chi connectivity index (χ3n) is 3.33. The molecule has 1 rings (SSSR count). The van der Waals surface area contributed by atoms with Crippen molar-refractivity contribution in [3.8, 4) is 0 Å². The summed E-state index contributed by atoms with van der Waals surface area (Å²) in [6.07, 6.45) is 7.34. The lowest BCUT2D eigenvalue weighted by Gasteiger charge is -2.14. The molecule has 17 heavy (non-hydrogen) atoms. The van der Waals surface area contributed by atoms with Gasteiger partial charge in [0.25, 0.3) is 0 Å². The van der Waals surface area contributed by atoms with Crippen LogP contribution in [0.1, 0.15) is 50.2 Å². The van der Waals surface area contributed by atoms with Gasteiger partial charge in [-0.25, -0.2) is 0 Å². The quantitative estimate of drug-likeness (QED) is 0.671. The van der Waals surface area contributed by atoms with Crippen LogP contribution in [0.25, 0.3) is 0 Å². The van der Waals surface area contributed by atoms with Gasteiger partial charge in [-0.2, -0.15) is 0 Å². The number of unbranched alkanes of at least 4 members (excludes halogenated alkanes) is 3. The molecule has 0 aliphatic rings. The number of benzene rings is 1. The van der Waals surface area contributed by atoms with Crippen LogP contribution in [0.15, 0.2) is 24.3 Å². The molecule has 0 saturated heterocycles. The highest BCUT2D eigenvalue weighted by atomic mass is 16.3. The zero-order valence-corrected chi connectivity index (χ0v) is 11.3. The fourth-order valence-electron chi connectivity index (χ4n) is 2.29. The maximum atomic E-state index is 9.41. The van der Waals surface area contributed by atoms with Crippen molar-refractivity contribution in [2.24, 2.45) is 5.92 Å². The number of rotatable bonds is 8. The van der Waals surface area contributed by atoms with E-state index in [-0.39, 0.29) is 0 Å². The molecule has 96 valence electrons. The fraction of sp³-hybridized carbons (Fsp3) is 0.625. The average Bonchev–Trinajstić information content (AvgIpc) is 2.33. The largest absolute Gasteiger partial charge is 0.396 e. The molecule has 0 aliphatic carbocycles. The van der Waals surface area contributed by atoms with Crippen molar-refractivity contribution in [3.05, 3.63) is 35.4 Å². The molecule has 1 atom stereocenters. The average molecular weight is 234 g/mol. The summed E-state index contributed by atoms with van der Waals surface area (Å²) in [6.45, 7) is 4.68. The minimum absolute atomic E-state index is 0.320. The van der Waals surface area contributed by atoms with Crippen LogP contribution in [0.4, 0.5) is 0 Å². The lowest BCUT2D eigenvalue weighted by atomic mass is 9.93. The van der Waals surface area contributed by atoms with Gasteiger partial charge in [-0.05, 0) is 31.2 Å². The van der Waals surface area contributed by atoms with Gasteiger partial charge in [0, 0.05) is 6.61 Å². The molecule has 0 aliphatic heterocycles. The Labute approximate surface area is 106 Å². The van der Waals surface area contributed by atoms with E-state index in [4.69, 9.17) is 0 Å². The van der Waals surface area contributed by atoms with Crippen LogP contribution < -0.4 is 0 Å². The first-order chi connectivity index (χ1) is 8.26. The standard InChI is InChI=1S/C16H26O/c1-3-4-5-6-9-16(13-17)12-15-10-7-8-14(2)11-15/h7-8,10-11,16-17H,3-6,9,12-13H2,1-2H3. The molecule has 1 nitrogen and oxygen atoms in total. The Balaban J connectivity index is 2.35. The van der Waals surface area contributed by atoms with Crippen LogP contribution >= 0.6 is 0 Å². The molecule has 0 aromatic heterocycles. The third kappa shape index (κ3) is 5.88. The summed E-state index contributed by atoms with van der Waals surface area (Å²) >= 11 is 0. The van der Waals surface area contributed by atoms with Gasteiger partial charge in [0.15, 0.2) is 0 Å². The maximum absolute atomic E-state index is 9.41. The Morgan fingerprint density at radius 1 is 1.18 bits per heavy atom. The van der Waals surface area contributed by atoms with Crippen LogP contribution in [0.3, 0.4) is 0 Å². The van der Waals surface area contributed by atoms with E-state index in [1.54, 1.807) is 0 Å². The van der Waals surface area contributed by atoms with Gasteiger partial charge in [-0.15, -0.1) is 0 Å². The summed E-state index contributed by atoms with van der Waals surface area (Å²) in [6, 6.07) is 8.63. The Hall–Kier alpha value is -0.820. The molecule has 0 fully saturated rings. The van der Waals surface area contributed by atoms with E-state index in [1.165, 1.54) is 36.8 Å². The number of aliphatic hydroxyl groups excluding tert-OH is 1. The predicted molar refractivity (Wildman–Crippen MR) is 74.2 cm³/mol. The molecule has 1 aromatic rings. The van der Waals surface area contributed by atoms with E-state index in [2.05, 4.69) is 38.1 Å². The maximum Gasteiger partial charge on any atom is 0.0462 e. The lowest BCUT2D eigenvalue weighted by Crippen LogP contribution is -2.09. The molecule has 1 aromatic carbocycles. The summed E-state index contributed by atoms with van der Waals surface area (Å²) in [4.78, 5) is 0. The summed E-state index contributed by atoms with van der Waals surface area (Å²) in [5, 5.41) is 9.41. The molecular formula is C16H26O. The molecule has 0 spiro atoms. The van der Waals surface area contributed by atoms with Crippen molar-refractivity contribution in [1.82, 2.24) is 0 Å². The highest BCUT2D eigenvalue weighted by molar-refractivity contribution is 5.22. The van der Waals surface area contributed by atoms with Gasteiger partial charge in [-0.3, -0.25) is 0 Å². The molecule has 0 heterocycles. The zero-order chi connectivity index (χ0) is 12.5. The van der Waals surface area contributed by atoms with Crippen LogP contribution in [-0.2, 0) is 6.42 Å². The summed E-state index contributed by atoms with van der Waals surface area (Å²) in [5.41, 5.74) is 2.67. The highest BCUT2D eigenvalue weighted by Gasteiger charge is 2.08. The van der Waals surface area contributed by atoms with Gasteiger partial charge in [0.2, 0.25) is 0 Å². The summed E-state index contributed by atoms with van der Waals surface area (Å²) in [7, 11) is 0. The van der Waals surface area contributed by atoms with Gasteiger partial charge < -0.3 is 5.11 Å². The molecule has 1 heteroatoms. The Kier molecular flexibility index (Phi) is 6.95. The van der Waals surface area contributed by atoms with E-state index < -0.39 is 0 Å². The van der Waals surface area contributed by atoms with E-state index in [9.17, 15) is 5.11 Å². The molecule has 1 N–H and O–H groups in total. The van der Waals surface area contributed by atoms with Crippen LogP contribution in [0.2, 0.25) is 0 Å². The minimum atomic E-state index is 0.320. The number of hydrogen-bond acceptors (Lipinski definition) is 1. The van der Waals surface area contributed by atoms with Crippen molar-refractivity contribution in [2.75, 3.05) is 6.61 Å². The number of hydrogen-bond donors (Lipinski definition) is 1. The van der Waals surface area contributed by atoms with Gasteiger partial charge >= 0.3 is 0 Å². The molecule has 1 unspecified atom stereocenters. The Bertz CT molecular complexity index is 306. The first kappa shape index (κ1) is 14.2. The molecule has 0 radical (unpaired) electrons. The molecule has 0 bridgehead atoms. The van der Waals surface area contributed by atoms with Crippen molar-refractivity contribution >= 4 is 0 Å². The third-order valence-corrected chi connectivity index (χ3v) is 3.33. The Morgan fingerprint density at radius 2 is 2.00 bits per heavy atom.